The molecule has 0 saturated carbocycles. The van der Waals surface area contributed by atoms with Crippen molar-refractivity contribution < 1.29 is 19.8 Å². The van der Waals surface area contributed by atoms with Gasteiger partial charge in [-0.25, -0.2) is 0 Å². The molecule has 0 aliphatic heterocycles. The normalized spacial score (nSPS) is 10.5. The van der Waals surface area contributed by atoms with Crippen LogP contribution in [-0.4, -0.2) is 22.2 Å². The highest BCUT2D eigenvalue weighted by atomic mass is 16.4. The van der Waals surface area contributed by atoms with E-state index in [2.05, 4.69) is 39.8 Å². The number of unbranched alkanes of at least 4 members (excludes halogenated alkanes) is 19. The molecule has 0 unspecified atom stereocenters. The van der Waals surface area contributed by atoms with Crippen LogP contribution in [0.4, 0.5) is 0 Å². The minimum Gasteiger partial charge on any atom is -0.481 e. The molecule has 0 amide bonds. The lowest BCUT2D eigenvalue weighted by atomic mass is 10.1. The topological polar surface area (TPSA) is 74.6 Å². The van der Waals surface area contributed by atoms with Crippen molar-refractivity contribution in [2.45, 2.75) is 188 Å². The molecule has 0 aromatic rings. The predicted molar refractivity (Wildman–Crippen MR) is 163 cm³/mol. The number of carboxylic acids is 2. The summed E-state index contributed by atoms with van der Waals surface area (Å²) >= 11 is 0. The zero-order valence-corrected chi connectivity index (χ0v) is 25.5. The number of hydrogen-bond donors (Lipinski definition) is 2. The highest BCUT2D eigenvalue weighted by Crippen LogP contribution is 2.11. The van der Waals surface area contributed by atoms with Crippen LogP contribution in [0, 0.1) is 0 Å². The number of allylic oxidation sites excluding steroid dienone is 2. The third-order valence-corrected chi connectivity index (χ3v) is 6.15. The quantitative estimate of drug-likeness (QED) is 0.0916. The van der Waals surface area contributed by atoms with Crippen molar-refractivity contribution in [3.63, 3.8) is 0 Å². The average Bonchev–Trinajstić information content (AvgIpc) is 2.86. The van der Waals surface area contributed by atoms with Crippen molar-refractivity contribution in [1.82, 2.24) is 0 Å². The van der Waals surface area contributed by atoms with Crippen LogP contribution in [0.25, 0.3) is 0 Å². The Morgan fingerprint density at radius 2 is 0.676 bits per heavy atom. The minimum atomic E-state index is -0.664. The largest absolute Gasteiger partial charge is 0.481 e. The molecule has 0 fully saturated rings. The number of carboxylic acid groups (broad SMARTS) is 2. The van der Waals surface area contributed by atoms with Gasteiger partial charge in [0, 0.05) is 12.8 Å². The van der Waals surface area contributed by atoms with Crippen LogP contribution >= 0.6 is 0 Å². The molecule has 0 radical (unpaired) electrons. The first kappa shape index (κ1) is 40.2. The Kier molecular flexibility index (Phi) is 42.6. The minimum absolute atomic E-state index is 0.332. The molecule has 4 heteroatoms. The molecule has 222 valence electrons. The zero-order chi connectivity index (χ0) is 28.2. The molecule has 0 rings (SSSR count). The number of hydrogen-bond acceptors (Lipinski definition) is 2. The van der Waals surface area contributed by atoms with Gasteiger partial charge in [0.25, 0.3) is 0 Å². The summed E-state index contributed by atoms with van der Waals surface area (Å²) < 4.78 is 0. The van der Waals surface area contributed by atoms with E-state index in [0.29, 0.717) is 12.8 Å². The maximum absolute atomic E-state index is 10.3. The SMILES string of the molecule is CCC.CCCCCCCC/C=C\CCCCCCCC(=O)O.CCCCCCCCCCCC(=O)O. The first-order valence-corrected chi connectivity index (χ1v) is 16.0. The standard InChI is InChI=1S/C18H34O2.C12H24O2.C3H8/c1-2-3-4-5-6-7-8-9-10-11-12-13-14-15-16-17-18(19)20;1-2-3-4-5-6-7-8-9-10-11-12(13)14;1-3-2/h9-10H,2-8,11-17H2,1H3,(H,19,20);2-11H2,1H3,(H,13,14);3H2,1-2H3/b10-9-;;. The first-order valence-electron chi connectivity index (χ1n) is 16.0. The van der Waals surface area contributed by atoms with Gasteiger partial charge in [-0.2, -0.15) is 0 Å². The molecular formula is C33H66O4. The van der Waals surface area contributed by atoms with Gasteiger partial charge < -0.3 is 10.2 Å². The molecule has 0 aliphatic carbocycles. The van der Waals surface area contributed by atoms with Gasteiger partial charge in [0.2, 0.25) is 0 Å². The Bertz CT molecular complexity index is 459. The van der Waals surface area contributed by atoms with Crippen molar-refractivity contribution in [3.8, 4) is 0 Å². The molecule has 0 saturated heterocycles. The van der Waals surface area contributed by atoms with Crippen LogP contribution < -0.4 is 0 Å². The summed E-state index contributed by atoms with van der Waals surface area (Å²) in [7, 11) is 0. The molecular weight excluding hydrogens is 460 g/mol. The van der Waals surface area contributed by atoms with E-state index >= 15 is 0 Å². The molecule has 0 aliphatic rings. The van der Waals surface area contributed by atoms with Gasteiger partial charge in [0.05, 0.1) is 0 Å². The fourth-order valence-electron chi connectivity index (χ4n) is 3.93. The van der Waals surface area contributed by atoms with Crippen molar-refractivity contribution in [3.05, 3.63) is 12.2 Å². The van der Waals surface area contributed by atoms with E-state index in [4.69, 9.17) is 10.2 Å². The average molecular weight is 527 g/mol. The summed E-state index contributed by atoms with van der Waals surface area (Å²) in [6.07, 6.45) is 34.0. The van der Waals surface area contributed by atoms with E-state index in [-0.39, 0.29) is 0 Å². The third-order valence-electron chi connectivity index (χ3n) is 6.15. The van der Waals surface area contributed by atoms with Crippen molar-refractivity contribution in [2.75, 3.05) is 0 Å². The summed E-state index contributed by atoms with van der Waals surface area (Å²) in [6, 6.07) is 0. The number of rotatable bonds is 25. The molecule has 2 N–H and O–H groups in total. The second-order valence-electron chi connectivity index (χ2n) is 10.4. The van der Waals surface area contributed by atoms with Crippen molar-refractivity contribution >= 4 is 11.9 Å². The van der Waals surface area contributed by atoms with E-state index in [1.807, 2.05) is 0 Å². The summed E-state index contributed by atoms with van der Waals surface area (Å²) in [6.45, 7) is 8.74. The van der Waals surface area contributed by atoms with Gasteiger partial charge in [-0.3, -0.25) is 9.59 Å². The Balaban J connectivity index is -0.000000592. The molecule has 0 aromatic heterocycles. The molecule has 4 nitrogen and oxygen atoms in total. The molecule has 0 aromatic carbocycles. The Hall–Kier alpha value is -1.32. The van der Waals surface area contributed by atoms with Gasteiger partial charge in [0.15, 0.2) is 0 Å². The second-order valence-corrected chi connectivity index (χ2v) is 10.4. The Labute approximate surface area is 232 Å². The molecule has 0 heterocycles. The molecule has 0 atom stereocenters. The Morgan fingerprint density at radius 1 is 0.432 bits per heavy atom. The van der Waals surface area contributed by atoms with E-state index in [0.717, 1.165) is 25.7 Å². The van der Waals surface area contributed by atoms with Crippen LogP contribution in [0.5, 0.6) is 0 Å². The smallest absolute Gasteiger partial charge is 0.303 e. The van der Waals surface area contributed by atoms with Crippen LogP contribution in [0.15, 0.2) is 12.2 Å². The predicted octanol–water partition coefficient (Wildman–Crippen LogP) is 11.5. The maximum atomic E-state index is 10.3. The molecule has 0 bridgehead atoms. The van der Waals surface area contributed by atoms with Gasteiger partial charge in [-0.15, -0.1) is 0 Å². The van der Waals surface area contributed by atoms with Crippen LogP contribution in [0.3, 0.4) is 0 Å². The van der Waals surface area contributed by atoms with Crippen LogP contribution in [-0.2, 0) is 9.59 Å². The lowest BCUT2D eigenvalue weighted by molar-refractivity contribution is -0.138. The number of carbonyl (C=O) groups is 2. The fourth-order valence-corrected chi connectivity index (χ4v) is 3.93. The highest BCUT2D eigenvalue weighted by Gasteiger charge is 1.97. The second kappa shape index (κ2) is 39.2. The maximum Gasteiger partial charge on any atom is 0.303 e. The van der Waals surface area contributed by atoms with Crippen molar-refractivity contribution in [1.29, 1.82) is 0 Å². The van der Waals surface area contributed by atoms with E-state index in [1.54, 1.807) is 0 Å². The summed E-state index contributed by atoms with van der Waals surface area (Å²) in [5.74, 6) is -1.32. The Morgan fingerprint density at radius 3 is 0.946 bits per heavy atom. The van der Waals surface area contributed by atoms with Crippen LogP contribution in [0.1, 0.15) is 188 Å². The molecule has 0 spiro atoms. The van der Waals surface area contributed by atoms with E-state index in [9.17, 15) is 9.59 Å². The van der Waals surface area contributed by atoms with E-state index < -0.39 is 11.9 Å². The third kappa shape index (κ3) is 52.0. The fraction of sp³-hybridized carbons (Fsp3) is 0.879. The summed E-state index contributed by atoms with van der Waals surface area (Å²) in [4.78, 5) is 20.5. The van der Waals surface area contributed by atoms with Gasteiger partial charge in [-0.05, 0) is 38.5 Å². The first-order chi connectivity index (χ1) is 18.0. The van der Waals surface area contributed by atoms with Gasteiger partial charge in [0.1, 0.15) is 0 Å². The highest BCUT2D eigenvalue weighted by molar-refractivity contribution is 5.66. The monoisotopic (exact) mass is 526 g/mol. The van der Waals surface area contributed by atoms with Gasteiger partial charge >= 0.3 is 11.9 Å². The van der Waals surface area contributed by atoms with Crippen LogP contribution in [0.2, 0.25) is 0 Å². The summed E-state index contributed by atoms with van der Waals surface area (Å²) in [5.41, 5.74) is 0. The lowest BCUT2D eigenvalue weighted by Crippen LogP contribution is -1.93. The number of aliphatic carboxylic acids is 2. The molecule has 37 heavy (non-hydrogen) atoms. The summed E-state index contributed by atoms with van der Waals surface area (Å²) in [5, 5.41) is 16.9. The van der Waals surface area contributed by atoms with Crippen molar-refractivity contribution in [2.24, 2.45) is 0 Å². The van der Waals surface area contributed by atoms with Gasteiger partial charge in [-0.1, -0.05) is 149 Å². The zero-order valence-electron chi connectivity index (χ0n) is 25.5. The van der Waals surface area contributed by atoms with E-state index in [1.165, 1.54) is 122 Å². The lowest BCUT2D eigenvalue weighted by Gasteiger charge is -2.00.